The summed E-state index contributed by atoms with van der Waals surface area (Å²) in [7, 11) is 0. The van der Waals surface area contributed by atoms with Crippen molar-refractivity contribution in [1.29, 1.82) is 0 Å². The van der Waals surface area contributed by atoms with Crippen LogP contribution in [0.3, 0.4) is 0 Å². The van der Waals surface area contributed by atoms with E-state index in [-0.39, 0.29) is 70.0 Å². The van der Waals surface area contributed by atoms with Gasteiger partial charge in [-0.15, -0.1) is 6.10 Å². The van der Waals surface area contributed by atoms with Gasteiger partial charge in [0, 0.05) is 36.0 Å². The average molecular weight is 650 g/mol. The van der Waals surface area contributed by atoms with Gasteiger partial charge in [0.25, 0.3) is 0 Å². The van der Waals surface area contributed by atoms with Crippen molar-refractivity contribution >= 4 is 35.5 Å². The second-order valence-corrected chi connectivity index (χ2v) is 14.3. The zero-order valence-corrected chi connectivity index (χ0v) is 28.0. The highest BCUT2D eigenvalue weighted by Crippen LogP contribution is 2.38. The molecule has 0 radical (unpaired) electrons. The summed E-state index contributed by atoms with van der Waals surface area (Å²) < 4.78 is 10.5. The van der Waals surface area contributed by atoms with Crippen LogP contribution >= 0.6 is 11.8 Å². The Kier molecular flexibility index (Phi) is 13.5. The Morgan fingerprint density at radius 2 is 1.80 bits per heavy atom. The molecule has 4 N–H and O–H groups in total. The van der Waals surface area contributed by atoms with Crippen LogP contribution in [0.1, 0.15) is 60.8 Å². The van der Waals surface area contributed by atoms with Crippen LogP contribution in [0.4, 0.5) is 0 Å². The highest BCUT2D eigenvalue weighted by atomic mass is 32.2. The molecule has 3 aliphatic rings. The van der Waals surface area contributed by atoms with Crippen molar-refractivity contribution in [3.8, 4) is 0 Å². The molecule has 0 aromatic carbocycles. The van der Waals surface area contributed by atoms with E-state index in [1.54, 1.807) is 11.8 Å². The number of allylic oxidation sites excluding steroid dienone is 4. The number of carbonyl (C=O) groups excluding carboxylic acids is 3. The number of nitrogens with zero attached hydrogens (tertiary/aromatic N) is 1. The summed E-state index contributed by atoms with van der Waals surface area (Å²) in [5.74, 6) is -1.90. The van der Waals surface area contributed by atoms with Gasteiger partial charge >= 0.3 is 5.97 Å². The number of likely N-dealkylation sites (tertiary alicyclic amines) is 1. The van der Waals surface area contributed by atoms with Crippen molar-refractivity contribution in [1.82, 2.24) is 20.9 Å². The predicted molar refractivity (Wildman–Crippen MR) is 170 cm³/mol. The number of hydrogen-bond donors (Lipinski definition) is 4. The maximum absolute atomic E-state index is 13.8. The molecule has 0 spiro atoms. The van der Waals surface area contributed by atoms with Crippen LogP contribution in [-0.2, 0) is 28.7 Å². The number of hydrogen-bond acceptors (Lipinski definition) is 9. The molecule has 45 heavy (non-hydrogen) atoms. The first-order valence-corrected chi connectivity index (χ1v) is 16.5. The summed E-state index contributed by atoms with van der Waals surface area (Å²) in [6.07, 6.45) is 5.25. The molecule has 1 fully saturated rings. The number of carboxylic acid groups (broad SMARTS) is 1. The Morgan fingerprint density at radius 1 is 1.13 bits per heavy atom. The minimum absolute atomic E-state index is 0.00257. The van der Waals surface area contributed by atoms with Gasteiger partial charge in [-0.25, -0.2) is 0 Å². The molecule has 252 valence electrons. The smallest absolute Gasteiger partial charge is 0.305 e. The maximum atomic E-state index is 13.8. The number of nitrogens with one attached hydrogen (secondary N) is 3. The molecule has 6 unspecified atom stereocenters. The molecule has 6 atom stereocenters. The Bertz CT molecular complexity index is 1180. The topological polar surface area (TPSA) is 169 Å². The molecular formula is C32H49N4O8S-. The molecule has 2 aliphatic heterocycles. The lowest BCUT2D eigenvalue weighted by molar-refractivity contribution is -0.414. The number of amides is 3. The van der Waals surface area contributed by atoms with Crippen molar-refractivity contribution in [2.45, 2.75) is 84.4 Å². The molecule has 1 aliphatic carbocycles. The van der Waals surface area contributed by atoms with Crippen LogP contribution in [0.15, 0.2) is 34.4 Å². The number of carboxylic acids is 1. The van der Waals surface area contributed by atoms with Crippen LogP contribution in [0, 0.1) is 17.3 Å². The number of rotatable bonds is 15. The lowest BCUT2D eigenvalue weighted by Gasteiger charge is -2.36. The molecular weight excluding hydrogens is 600 g/mol. The fourth-order valence-electron chi connectivity index (χ4n) is 5.54. The Morgan fingerprint density at radius 3 is 2.38 bits per heavy atom. The number of aliphatic carboxylic acids is 1. The van der Waals surface area contributed by atoms with Gasteiger partial charge in [0.05, 0.1) is 38.2 Å². The number of thioether (sulfide) groups is 1. The first-order valence-electron chi connectivity index (χ1n) is 15.6. The van der Waals surface area contributed by atoms with Crippen molar-refractivity contribution in [2.24, 2.45) is 17.3 Å². The fraction of sp³-hybridized carbons (Fsp3) is 0.688. The normalized spacial score (nSPS) is 25.5. The summed E-state index contributed by atoms with van der Waals surface area (Å²) >= 11 is 1.80. The van der Waals surface area contributed by atoms with Gasteiger partial charge in [0.2, 0.25) is 17.7 Å². The molecule has 0 aromatic rings. The van der Waals surface area contributed by atoms with E-state index in [4.69, 9.17) is 14.6 Å². The molecule has 0 bridgehead atoms. The van der Waals surface area contributed by atoms with Crippen molar-refractivity contribution < 1.29 is 38.9 Å². The van der Waals surface area contributed by atoms with E-state index < -0.39 is 41.4 Å². The summed E-state index contributed by atoms with van der Waals surface area (Å²) in [6, 6.07) is -1.85. The van der Waals surface area contributed by atoms with Gasteiger partial charge in [-0.1, -0.05) is 57.7 Å². The third-order valence-corrected chi connectivity index (χ3v) is 9.29. The molecule has 0 aromatic heterocycles. The molecule has 1 saturated heterocycles. The summed E-state index contributed by atoms with van der Waals surface area (Å²) in [5.41, 5.74) is 1.66. The summed E-state index contributed by atoms with van der Waals surface area (Å²) in [4.78, 5) is 52.9. The van der Waals surface area contributed by atoms with Gasteiger partial charge < -0.3 is 40.5 Å². The third kappa shape index (κ3) is 10.9. The average Bonchev–Trinajstić information content (AvgIpc) is 3.51. The minimum Gasteiger partial charge on any atom is -0.851 e. The molecule has 3 amide bonds. The van der Waals surface area contributed by atoms with Gasteiger partial charge in [0.15, 0.2) is 0 Å². The highest BCUT2D eigenvalue weighted by molar-refractivity contribution is 8.04. The molecule has 3 rings (SSSR count). The predicted octanol–water partition coefficient (Wildman–Crippen LogP) is 1.52. The van der Waals surface area contributed by atoms with E-state index in [9.17, 15) is 24.3 Å². The van der Waals surface area contributed by atoms with E-state index in [0.29, 0.717) is 11.9 Å². The van der Waals surface area contributed by atoms with Crippen molar-refractivity contribution in [3.05, 3.63) is 34.4 Å². The van der Waals surface area contributed by atoms with E-state index in [2.05, 4.69) is 54.9 Å². The van der Waals surface area contributed by atoms with E-state index in [1.165, 1.54) is 15.4 Å². The second-order valence-electron chi connectivity index (χ2n) is 13.0. The Hall–Kier alpha value is -2.87. The number of carbonyl (C=O) groups is 4. The summed E-state index contributed by atoms with van der Waals surface area (Å²) in [5, 5.41) is 30.7. The van der Waals surface area contributed by atoms with Gasteiger partial charge in [-0.2, -0.15) is 0 Å². The molecule has 13 heteroatoms. The quantitative estimate of drug-likeness (QED) is 0.191. The molecule has 0 saturated carbocycles. The van der Waals surface area contributed by atoms with Crippen LogP contribution in [0.25, 0.3) is 0 Å². The zero-order chi connectivity index (χ0) is 33.3. The fourth-order valence-corrected chi connectivity index (χ4v) is 6.64. The zero-order valence-electron chi connectivity index (χ0n) is 27.2. The molecule has 12 nitrogen and oxygen atoms in total. The van der Waals surface area contributed by atoms with Gasteiger partial charge in [0.1, 0.15) is 12.1 Å². The van der Waals surface area contributed by atoms with Gasteiger partial charge in [-0.05, 0) is 37.2 Å². The first-order chi connectivity index (χ1) is 21.2. The standard InChI is InChI=1S/C32H49N4O8S/c1-19-15-22(28-20(2)34-21(3)45-28)7-8-23(19)17-33-30(41)25-16-24(37)18-36(25)31(42)29(32(4,5)6)35-26(38)9-11-43-13-14-44-12-10-27(39)40/h7-8,15,19,21,23-25,29,34H,9-14,16-18H2,1-6H3,(H,33,41)(H,35,38)(H,39,40)/q-1. The van der Waals surface area contributed by atoms with E-state index in [1.807, 2.05) is 20.8 Å². The highest BCUT2D eigenvalue weighted by Gasteiger charge is 2.42. The van der Waals surface area contributed by atoms with E-state index >= 15 is 0 Å². The van der Waals surface area contributed by atoms with Crippen LogP contribution in [0.2, 0.25) is 0 Å². The van der Waals surface area contributed by atoms with E-state index in [0.717, 1.165) is 5.70 Å². The van der Waals surface area contributed by atoms with Gasteiger partial charge in [-0.3, -0.25) is 19.2 Å². The number of ether oxygens (including phenoxy) is 2. The largest absolute Gasteiger partial charge is 0.851 e. The Labute approximate surface area is 270 Å². The van der Waals surface area contributed by atoms with Crippen LogP contribution < -0.4 is 21.1 Å². The lowest BCUT2D eigenvalue weighted by atomic mass is 9.85. The molecule has 2 heterocycles. The second kappa shape index (κ2) is 16.6. The monoisotopic (exact) mass is 649 g/mol. The lowest BCUT2D eigenvalue weighted by Crippen LogP contribution is -2.58. The van der Waals surface area contributed by atoms with Crippen LogP contribution in [0.5, 0.6) is 0 Å². The van der Waals surface area contributed by atoms with Crippen LogP contribution in [-0.4, -0.2) is 96.8 Å². The minimum atomic E-state index is -1.09. The first kappa shape index (κ1) is 36.6. The summed E-state index contributed by atoms with van der Waals surface area (Å²) in [6.45, 7) is 12.6. The third-order valence-electron chi connectivity index (χ3n) is 8.04. The SMILES string of the molecule is CC1=C(C2=CC(C)C(CNC(=O)C3CC([O-])CN3C(=O)C(NC(=O)CCOCCOCCC(=O)O)C(C)(C)C)C=C2)SC(C)N1. The maximum Gasteiger partial charge on any atom is 0.305 e. The van der Waals surface area contributed by atoms with Crippen molar-refractivity contribution in [2.75, 3.05) is 39.5 Å². The van der Waals surface area contributed by atoms with Crippen molar-refractivity contribution in [3.63, 3.8) is 0 Å². The Balaban J connectivity index is 1.52.